The number of nitrogens with two attached hydrogens (primary N) is 1. The molecule has 38 heavy (non-hydrogen) atoms. The van der Waals surface area contributed by atoms with E-state index in [9.17, 15) is 19.1 Å². The highest BCUT2D eigenvalue weighted by Crippen LogP contribution is 2.24. The molecule has 5 N–H and O–H groups in total. The number of nitrogens with zero attached hydrogens (tertiary/aromatic N) is 3. The van der Waals surface area contributed by atoms with Gasteiger partial charge in [-0.05, 0) is 73.5 Å². The first-order valence-corrected chi connectivity index (χ1v) is 12.0. The number of aliphatic carboxylic acids is 1. The van der Waals surface area contributed by atoms with Gasteiger partial charge in [-0.1, -0.05) is 6.07 Å². The second-order valence-electron chi connectivity index (χ2n) is 9.20. The maximum absolute atomic E-state index is 14.4. The van der Waals surface area contributed by atoms with Crippen LogP contribution in [0.4, 0.5) is 15.8 Å². The van der Waals surface area contributed by atoms with E-state index >= 15 is 0 Å². The summed E-state index contributed by atoms with van der Waals surface area (Å²) in [5, 5.41) is 19.7. The fourth-order valence-electron chi connectivity index (χ4n) is 4.36. The Labute approximate surface area is 219 Å². The molecule has 0 radical (unpaired) electrons. The number of amidine groups is 1. The topological polar surface area (TPSA) is 137 Å². The third-order valence-electron chi connectivity index (χ3n) is 6.25. The SMILES string of the molecule is Cc1cc(C)cc(N(CCC(=O)O)C(=O)c2ccc3c(c2)nc(CNc2ccc(C(=N)N)cc2F)n3C)c1. The number of carboxylic acids is 1. The molecule has 0 fully saturated rings. The Morgan fingerprint density at radius 2 is 1.76 bits per heavy atom. The molecule has 196 valence electrons. The molecular formula is C28H29FN6O3. The number of amides is 1. The molecule has 0 atom stereocenters. The number of carbonyl (C=O) groups excluding carboxylic acids is 1. The lowest BCUT2D eigenvalue weighted by Gasteiger charge is -2.23. The Balaban J connectivity index is 1.60. The summed E-state index contributed by atoms with van der Waals surface area (Å²) >= 11 is 0. The van der Waals surface area contributed by atoms with Crippen molar-refractivity contribution >= 4 is 40.1 Å². The Kier molecular flexibility index (Phi) is 7.43. The molecule has 4 aromatic rings. The van der Waals surface area contributed by atoms with Gasteiger partial charge >= 0.3 is 5.97 Å². The summed E-state index contributed by atoms with van der Waals surface area (Å²) < 4.78 is 16.3. The molecule has 0 bridgehead atoms. The van der Waals surface area contributed by atoms with Gasteiger partial charge in [-0.15, -0.1) is 0 Å². The predicted octanol–water partition coefficient (Wildman–Crippen LogP) is 4.35. The Hall–Kier alpha value is -4.73. The van der Waals surface area contributed by atoms with E-state index in [1.54, 1.807) is 24.3 Å². The molecular weight excluding hydrogens is 487 g/mol. The van der Waals surface area contributed by atoms with E-state index < -0.39 is 11.8 Å². The molecule has 3 aromatic carbocycles. The Morgan fingerprint density at radius 3 is 2.39 bits per heavy atom. The van der Waals surface area contributed by atoms with Crippen LogP contribution in [0.25, 0.3) is 11.0 Å². The molecule has 4 rings (SSSR count). The van der Waals surface area contributed by atoms with Crippen LogP contribution >= 0.6 is 0 Å². The van der Waals surface area contributed by atoms with Gasteiger partial charge < -0.3 is 25.6 Å². The van der Waals surface area contributed by atoms with Gasteiger partial charge in [0.05, 0.1) is 29.7 Å². The Morgan fingerprint density at radius 1 is 1.08 bits per heavy atom. The van der Waals surface area contributed by atoms with Crippen molar-refractivity contribution in [2.75, 3.05) is 16.8 Å². The van der Waals surface area contributed by atoms with Crippen molar-refractivity contribution in [3.8, 4) is 0 Å². The molecule has 0 aliphatic rings. The van der Waals surface area contributed by atoms with Gasteiger partial charge in [-0.25, -0.2) is 9.37 Å². The van der Waals surface area contributed by atoms with Crippen LogP contribution in [-0.4, -0.2) is 38.9 Å². The maximum atomic E-state index is 14.4. The van der Waals surface area contributed by atoms with Crippen LogP contribution in [0, 0.1) is 25.1 Å². The minimum absolute atomic E-state index is 0.0282. The zero-order valence-electron chi connectivity index (χ0n) is 21.4. The first-order valence-electron chi connectivity index (χ1n) is 12.0. The zero-order valence-corrected chi connectivity index (χ0v) is 21.4. The number of carbonyl (C=O) groups is 2. The van der Waals surface area contributed by atoms with Crippen molar-refractivity contribution < 1.29 is 19.1 Å². The van der Waals surface area contributed by atoms with Crippen molar-refractivity contribution in [3.05, 3.63) is 88.5 Å². The number of fused-ring (bicyclic) bond motifs is 1. The van der Waals surface area contributed by atoms with Crippen LogP contribution in [0.3, 0.4) is 0 Å². The van der Waals surface area contributed by atoms with E-state index in [0.717, 1.165) is 16.6 Å². The standard InChI is InChI=1S/C28H29FN6O3/c1-16-10-17(2)12-20(11-16)35(9-8-26(36)37)28(38)19-5-7-24-23(14-19)33-25(34(24)3)15-32-22-6-4-18(27(30)31)13-21(22)29/h4-7,10-14,32H,8-9,15H2,1-3H3,(H3,30,31)(H,36,37). The number of hydrogen-bond donors (Lipinski definition) is 4. The highest BCUT2D eigenvalue weighted by molar-refractivity contribution is 6.08. The van der Waals surface area contributed by atoms with Crippen LogP contribution in [0.1, 0.15) is 39.3 Å². The number of aryl methyl sites for hydroxylation is 3. The van der Waals surface area contributed by atoms with E-state index in [4.69, 9.17) is 11.1 Å². The van der Waals surface area contributed by atoms with Crippen LogP contribution in [0.2, 0.25) is 0 Å². The van der Waals surface area contributed by atoms with Crippen LogP contribution in [0.5, 0.6) is 0 Å². The van der Waals surface area contributed by atoms with Gasteiger partial charge in [0.15, 0.2) is 0 Å². The predicted molar refractivity (Wildman–Crippen MR) is 145 cm³/mol. The summed E-state index contributed by atoms with van der Waals surface area (Å²) in [5.74, 6) is -1.43. The number of imidazole rings is 1. The minimum Gasteiger partial charge on any atom is -0.481 e. The fourth-order valence-corrected chi connectivity index (χ4v) is 4.36. The number of benzene rings is 3. The normalized spacial score (nSPS) is 10.9. The number of nitrogen functional groups attached to an aromatic ring is 1. The first-order chi connectivity index (χ1) is 18.0. The number of hydrogen-bond acceptors (Lipinski definition) is 5. The second kappa shape index (κ2) is 10.7. The lowest BCUT2D eigenvalue weighted by molar-refractivity contribution is -0.136. The molecule has 9 nitrogen and oxygen atoms in total. The monoisotopic (exact) mass is 516 g/mol. The van der Waals surface area contributed by atoms with E-state index in [2.05, 4.69) is 10.3 Å². The van der Waals surface area contributed by atoms with Gasteiger partial charge in [-0.3, -0.25) is 15.0 Å². The van der Waals surface area contributed by atoms with Crippen molar-refractivity contribution in [2.24, 2.45) is 12.8 Å². The molecule has 1 aromatic heterocycles. The van der Waals surface area contributed by atoms with Gasteiger partial charge in [0.2, 0.25) is 0 Å². The second-order valence-corrected chi connectivity index (χ2v) is 9.20. The summed E-state index contributed by atoms with van der Waals surface area (Å²) in [5.41, 5.74) is 10.3. The summed E-state index contributed by atoms with van der Waals surface area (Å²) in [6.45, 7) is 4.10. The van der Waals surface area contributed by atoms with Gasteiger partial charge in [0, 0.05) is 30.4 Å². The molecule has 0 spiro atoms. The largest absolute Gasteiger partial charge is 0.481 e. The molecule has 1 heterocycles. The lowest BCUT2D eigenvalue weighted by atomic mass is 10.1. The van der Waals surface area contributed by atoms with Crippen molar-refractivity contribution in [2.45, 2.75) is 26.8 Å². The summed E-state index contributed by atoms with van der Waals surface area (Å²) in [7, 11) is 1.83. The molecule has 10 heteroatoms. The number of carboxylic acid groups (broad SMARTS) is 1. The molecule has 0 aliphatic heterocycles. The quantitative estimate of drug-likeness (QED) is 0.193. The summed E-state index contributed by atoms with van der Waals surface area (Å²) in [4.78, 5) is 31.0. The van der Waals surface area contributed by atoms with Crippen molar-refractivity contribution in [1.82, 2.24) is 9.55 Å². The summed E-state index contributed by atoms with van der Waals surface area (Å²) in [6, 6.07) is 15.1. The maximum Gasteiger partial charge on any atom is 0.305 e. The Bertz CT molecular complexity index is 1540. The smallest absolute Gasteiger partial charge is 0.305 e. The fraction of sp³-hybridized carbons (Fsp3) is 0.214. The number of halogens is 1. The van der Waals surface area contributed by atoms with E-state index in [-0.39, 0.29) is 36.9 Å². The van der Waals surface area contributed by atoms with E-state index in [0.29, 0.717) is 28.2 Å². The average Bonchev–Trinajstić information content (AvgIpc) is 3.17. The third kappa shape index (κ3) is 5.64. The van der Waals surface area contributed by atoms with Crippen LogP contribution < -0.4 is 16.0 Å². The zero-order chi connectivity index (χ0) is 27.6. The van der Waals surface area contributed by atoms with Crippen LogP contribution in [-0.2, 0) is 18.4 Å². The molecule has 0 saturated heterocycles. The lowest BCUT2D eigenvalue weighted by Crippen LogP contribution is -2.33. The molecule has 0 aliphatic carbocycles. The van der Waals surface area contributed by atoms with Gasteiger partial charge in [-0.2, -0.15) is 0 Å². The molecule has 0 unspecified atom stereocenters. The van der Waals surface area contributed by atoms with Crippen molar-refractivity contribution in [1.29, 1.82) is 5.41 Å². The van der Waals surface area contributed by atoms with E-state index in [1.807, 2.05) is 43.7 Å². The van der Waals surface area contributed by atoms with Crippen LogP contribution in [0.15, 0.2) is 54.6 Å². The molecule has 0 saturated carbocycles. The molecule has 1 amide bonds. The third-order valence-corrected chi connectivity index (χ3v) is 6.25. The van der Waals surface area contributed by atoms with Gasteiger partial charge in [0.1, 0.15) is 17.5 Å². The van der Waals surface area contributed by atoms with Crippen molar-refractivity contribution in [3.63, 3.8) is 0 Å². The number of anilines is 2. The highest BCUT2D eigenvalue weighted by Gasteiger charge is 2.21. The number of aromatic nitrogens is 2. The number of rotatable bonds is 9. The van der Waals surface area contributed by atoms with Gasteiger partial charge in [0.25, 0.3) is 5.91 Å². The average molecular weight is 517 g/mol. The first kappa shape index (κ1) is 26.3. The van der Waals surface area contributed by atoms with E-state index in [1.165, 1.54) is 17.0 Å². The highest BCUT2D eigenvalue weighted by atomic mass is 19.1. The minimum atomic E-state index is -0.989. The summed E-state index contributed by atoms with van der Waals surface area (Å²) in [6.07, 6.45) is -0.190. The number of nitrogens with one attached hydrogen (secondary N) is 2.